The van der Waals surface area contributed by atoms with Crippen LogP contribution in [-0.4, -0.2) is 51.5 Å². The molecule has 0 aliphatic carbocycles. The molecule has 0 saturated carbocycles. The van der Waals surface area contributed by atoms with E-state index in [1.54, 1.807) is 7.05 Å². The zero-order valence-corrected chi connectivity index (χ0v) is 13.0. The number of anilines is 1. The molecule has 0 aromatic carbocycles. The van der Waals surface area contributed by atoms with E-state index in [-0.39, 0.29) is 9.92 Å². The second-order valence-electron chi connectivity index (χ2n) is 4.70. The first-order valence-electron chi connectivity index (χ1n) is 6.58. The zero-order valence-electron chi connectivity index (χ0n) is 11.4. The van der Waals surface area contributed by atoms with Crippen molar-refractivity contribution < 1.29 is 8.42 Å². The predicted molar refractivity (Wildman–Crippen MR) is 79.7 cm³/mol. The summed E-state index contributed by atoms with van der Waals surface area (Å²) in [5.74, 6) is 0.461. The highest BCUT2D eigenvalue weighted by Gasteiger charge is 2.17. The van der Waals surface area contributed by atoms with Gasteiger partial charge in [-0.05, 0) is 32.0 Å². The van der Waals surface area contributed by atoms with Gasteiger partial charge < -0.3 is 10.2 Å². The van der Waals surface area contributed by atoms with Gasteiger partial charge in [0.25, 0.3) is 0 Å². The van der Waals surface area contributed by atoms with Gasteiger partial charge in [0.15, 0.2) is 0 Å². The first kappa shape index (κ1) is 15.5. The second kappa shape index (κ2) is 6.71. The average molecular weight is 319 g/mol. The van der Waals surface area contributed by atoms with E-state index in [1.165, 1.54) is 25.1 Å². The van der Waals surface area contributed by atoms with Crippen molar-refractivity contribution >= 4 is 27.4 Å². The molecular formula is C12H19ClN4O2S. The van der Waals surface area contributed by atoms with Gasteiger partial charge in [-0.2, -0.15) is 0 Å². The SMILES string of the molecule is CNc1ncc(S(=O)(=O)NCCN2CCCC2)cc1Cl. The van der Waals surface area contributed by atoms with Gasteiger partial charge >= 0.3 is 0 Å². The molecule has 0 bridgehead atoms. The van der Waals surface area contributed by atoms with Crippen LogP contribution in [0, 0.1) is 0 Å². The number of hydrogen-bond donors (Lipinski definition) is 2. The summed E-state index contributed by atoms with van der Waals surface area (Å²) in [4.78, 5) is 6.31. The quantitative estimate of drug-likeness (QED) is 0.823. The highest BCUT2D eigenvalue weighted by molar-refractivity contribution is 7.89. The molecule has 2 heterocycles. The maximum Gasteiger partial charge on any atom is 0.242 e. The van der Waals surface area contributed by atoms with Crippen LogP contribution in [0.15, 0.2) is 17.2 Å². The average Bonchev–Trinajstić information content (AvgIpc) is 2.91. The third-order valence-corrected chi connectivity index (χ3v) is 5.00. The molecule has 0 radical (unpaired) electrons. The van der Waals surface area contributed by atoms with E-state index >= 15 is 0 Å². The Bertz CT molecular complexity index is 559. The first-order chi connectivity index (χ1) is 9.53. The van der Waals surface area contributed by atoms with Gasteiger partial charge in [0, 0.05) is 26.3 Å². The number of rotatable bonds is 6. The number of halogens is 1. The summed E-state index contributed by atoms with van der Waals surface area (Å²) in [5.41, 5.74) is 0. The molecular weight excluding hydrogens is 300 g/mol. The third kappa shape index (κ3) is 3.82. The van der Waals surface area contributed by atoms with Gasteiger partial charge in [-0.15, -0.1) is 0 Å². The predicted octanol–water partition coefficient (Wildman–Crippen LogP) is 1.15. The van der Waals surface area contributed by atoms with Crippen molar-refractivity contribution in [3.8, 4) is 0 Å². The number of nitrogens with zero attached hydrogens (tertiary/aromatic N) is 2. The molecule has 0 amide bonds. The first-order valence-corrected chi connectivity index (χ1v) is 8.44. The van der Waals surface area contributed by atoms with E-state index in [4.69, 9.17) is 11.6 Å². The minimum atomic E-state index is -3.55. The standard InChI is InChI=1S/C12H19ClN4O2S/c1-14-12-11(13)8-10(9-15-12)20(18,19)16-4-7-17-5-2-3-6-17/h8-9,16H,2-7H2,1H3,(H,14,15). The lowest BCUT2D eigenvalue weighted by Gasteiger charge is -2.15. The van der Waals surface area contributed by atoms with Crippen molar-refractivity contribution in [2.24, 2.45) is 0 Å². The molecule has 1 aliphatic rings. The lowest BCUT2D eigenvalue weighted by atomic mass is 10.4. The molecule has 112 valence electrons. The van der Waals surface area contributed by atoms with Gasteiger partial charge in [0.1, 0.15) is 10.7 Å². The van der Waals surface area contributed by atoms with Crippen molar-refractivity contribution in [1.82, 2.24) is 14.6 Å². The van der Waals surface area contributed by atoms with Crippen molar-refractivity contribution in [3.05, 3.63) is 17.3 Å². The molecule has 1 aromatic rings. The fourth-order valence-corrected chi connectivity index (χ4v) is 3.50. The number of sulfonamides is 1. The second-order valence-corrected chi connectivity index (χ2v) is 6.87. The molecule has 6 nitrogen and oxygen atoms in total. The summed E-state index contributed by atoms with van der Waals surface area (Å²) < 4.78 is 26.8. The van der Waals surface area contributed by atoms with Crippen LogP contribution in [-0.2, 0) is 10.0 Å². The number of nitrogens with one attached hydrogen (secondary N) is 2. The highest BCUT2D eigenvalue weighted by Crippen LogP contribution is 2.21. The molecule has 1 aliphatic heterocycles. The molecule has 0 spiro atoms. The van der Waals surface area contributed by atoms with Crippen LogP contribution < -0.4 is 10.0 Å². The van der Waals surface area contributed by atoms with Gasteiger partial charge in [-0.1, -0.05) is 11.6 Å². The van der Waals surface area contributed by atoms with Crippen LogP contribution in [0.3, 0.4) is 0 Å². The van der Waals surface area contributed by atoms with Gasteiger partial charge in [-0.3, -0.25) is 0 Å². The summed E-state index contributed by atoms with van der Waals surface area (Å²) >= 11 is 5.95. The third-order valence-electron chi connectivity index (χ3n) is 3.28. The van der Waals surface area contributed by atoms with E-state index in [2.05, 4.69) is 19.9 Å². The van der Waals surface area contributed by atoms with Gasteiger partial charge in [0.05, 0.1) is 5.02 Å². The fraction of sp³-hybridized carbons (Fsp3) is 0.583. The maximum absolute atomic E-state index is 12.1. The van der Waals surface area contributed by atoms with Crippen molar-refractivity contribution in [1.29, 1.82) is 0 Å². The monoisotopic (exact) mass is 318 g/mol. The Morgan fingerprint density at radius 1 is 1.40 bits per heavy atom. The fourth-order valence-electron chi connectivity index (χ4n) is 2.18. The molecule has 1 saturated heterocycles. The Morgan fingerprint density at radius 2 is 2.10 bits per heavy atom. The largest absolute Gasteiger partial charge is 0.372 e. The lowest BCUT2D eigenvalue weighted by molar-refractivity contribution is 0.344. The Balaban J connectivity index is 1.96. The Hall–Kier alpha value is -0.890. The van der Waals surface area contributed by atoms with Crippen molar-refractivity contribution in [3.63, 3.8) is 0 Å². The molecule has 8 heteroatoms. The number of likely N-dealkylation sites (tertiary alicyclic amines) is 1. The summed E-state index contributed by atoms with van der Waals surface area (Å²) in [7, 11) is -1.87. The molecule has 2 N–H and O–H groups in total. The maximum atomic E-state index is 12.1. The number of pyridine rings is 1. The minimum Gasteiger partial charge on any atom is -0.372 e. The Morgan fingerprint density at radius 3 is 2.70 bits per heavy atom. The summed E-state index contributed by atoms with van der Waals surface area (Å²) in [5, 5.41) is 3.08. The Labute approximate surface area is 124 Å². The smallest absolute Gasteiger partial charge is 0.242 e. The number of aromatic nitrogens is 1. The van der Waals surface area contributed by atoms with Crippen molar-refractivity contribution in [2.75, 3.05) is 38.5 Å². The van der Waals surface area contributed by atoms with E-state index in [0.29, 0.717) is 12.4 Å². The Kier molecular flexibility index (Phi) is 5.20. The van der Waals surface area contributed by atoms with Crippen LogP contribution in [0.2, 0.25) is 5.02 Å². The molecule has 20 heavy (non-hydrogen) atoms. The molecule has 0 unspecified atom stereocenters. The van der Waals surface area contributed by atoms with Crippen LogP contribution in [0.4, 0.5) is 5.82 Å². The van der Waals surface area contributed by atoms with Crippen molar-refractivity contribution in [2.45, 2.75) is 17.7 Å². The van der Waals surface area contributed by atoms with E-state index in [9.17, 15) is 8.42 Å². The molecule has 1 aromatic heterocycles. The van der Waals surface area contributed by atoms with Gasteiger partial charge in [0.2, 0.25) is 10.0 Å². The van der Waals surface area contributed by atoms with E-state index in [0.717, 1.165) is 19.6 Å². The topological polar surface area (TPSA) is 74.3 Å². The minimum absolute atomic E-state index is 0.0860. The summed E-state index contributed by atoms with van der Waals surface area (Å²) in [6.07, 6.45) is 3.69. The molecule has 0 atom stereocenters. The van der Waals surface area contributed by atoms with Crippen LogP contribution >= 0.6 is 11.6 Å². The normalized spacial score (nSPS) is 16.5. The number of hydrogen-bond acceptors (Lipinski definition) is 5. The highest BCUT2D eigenvalue weighted by atomic mass is 35.5. The summed E-state index contributed by atoms with van der Waals surface area (Å²) in [6, 6.07) is 1.40. The van der Waals surface area contributed by atoms with Gasteiger partial charge in [-0.25, -0.2) is 18.1 Å². The van der Waals surface area contributed by atoms with E-state index in [1.807, 2.05) is 0 Å². The van der Waals surface area contributed by atoms with E-state index < -0.39 is 10.0 Å². The summed E-state index contributed by atoms with van der Waals surface area (Å²) in [6.45, 7) is 3.22. The molecule has 2 rings (SSSR count). The van der Waals surface area contributed by atoms with Crippen LogP contribution in [0.5, 0.6) is 0 Å². The zero-order chi connectivity index (χ0) is 14.6. The van der Waals surface area contributed by atoms with Crippen LogP contribution in [0.1, 0.15) is 12.8 Å². The molecule has 1 fully saturated rings. The lowest BCUT2D eigenvalue weighted by Crippen LogP contribution is -2.33. The van der Waals surface area contributed by atoms with Crippen LogP contribution in [0.25, 0.3) is 0 Å².